The van der Waals surface area contributed by atoms with E-state index in [1.807, 2.05) is 0 Å². The van der Waals surface area contributed by atoms with E-state index >= 15 is 0 Å². The summed E-state index contributed by atoms with van der Waals surface area (Å²) in [6.07, 6.45) is 17.8. The molecular weight excluding hydrogens is 688 g/mol. The Labute approximate surface area is 319 Å². The Hall–Kier alpha value is -2.00. The van der Waals surface area contributed by atoms with Crippen LogP contribution < -0.4 is 5.32 Å². The van der Waals surface area contributed by atoms with Gasteiger partial charge in [0.05, 0.1) is 17.2 Å². The SMILES string of the molecule is C=C(C)C1CCC2(NCC(=O)N3CCC(S(C)(=O)=O)C3)CCC3(C)C(CCC4C5(C)CC=C(C6=CCC(CF)(C(=O)O)CC6)C(C)(C)C5CCC43C)C12. The maximum Gasteiger partial charge on any atom is 0.312 e. The zero-order chi connectivity index (χ0) is 38.6. The highest BCUT2D eigenvalue weighted by Crippen LogP contribution is 2.76. The molecule has 1 amide bonds. The Bertz CT molecular complexity index is 1720. The number of carbonyl (C=O) groups is 2. The van der Waals surface area contributed by atoms with Gasteiger partial charge in [0.25, 0.3) is 0 Å². The van der Waals surface area contributed by atoms with Crippen LogP contribution in [0.1, 0.15) is 125 Å². The molecule has 9 heteroatoms. The Balaban J connectivity index is 1.14. The fraction of sp³-hybridized carbons (Fsp3) is 0.818. The van der Waals surface area contributed by atoms with E-state index in [0.29, 0.717) is 61.9 Å². The van der Waals surface area contributed by atoms with Gasteiger partial charge < -0.3 is 15.3 Å². The number of carboxylic acid groups (broad SMARTS) is 1. The van der Waals surface area contributed by atoms with Crippen LogP contribution in [0.2, 0.25) is 0 Å². The van der Waals surface area contributed by atoms with E-state index in [1.165, 1.54) is 48.7 Å². The van der Waals surface area contributed by atoms with Crippen molar-refractivity contribution in [1.29, 1.82) is 0 Å². The Kier molecular flexibility index (Phi) is 9.65. The minimum absolute atomic E-state index is 0.0262. The first-order chi connectivity index (χ1) is 24.7. The highest BCUT2D eigenvalue weighted by Gasteiger charge is 2.70. The van der Waals surface area contributed by atoms with E-state index in [-0.39, 0.29) is 46.1 Å². The molecule has 7 nitrogen and oxygen atoms in total. The van der Waals surface area contributed by atoms with Crippen LogP contribution in [0.3, 0.4) is 0 Å². The maximum absolute atomic E-state index is 14.0. The van der Waals surface area contributed by atoms with Gasteiger partial charge in [0.2, 0.25) is 5.91 Å². The molecule has 1 heterocycles. The van der Waals surface area contributed by atoms with E-state index in [2.05, 4.69) is 65.6 Å². The summed E-state index contributed by atoms with van der Waals surface area (Å²) >= 11 is 0. The predicted molar refractivity (Wildman–Crippen MR) is 209 cm³/mol. The molecule has 0 spiro atoms. The third-order valence-corrected chi connectivity index (χ3v) is 19.6. The molecule has 4 saturated carbocycles. The van der Waals surface area contributed by atoms with Crippen molar-refractivity contribution < 1.29 is 27.5 Å². The average Bonchev–Trinajstić information content (AvgIpc) is 3.74. The Morgan fingerprint density at radius 2 is 1.68 bits per heavy atom. The van der Waals surface area contributed by atoms with Crippen LogP contribution in [-0.4, -0.2) is 73.7 Å². The first-order valence-electron chi connectivity index (χ1n) is 20.8. The molecule has 53 heavy (non-hydrogen) atoms. The van der Waals surface area contributed by atoms with Crippen molar-refractivity contribution in [3.63, 3.8) is 0 Å². The van der Waals surface area contributed by atoms with Crippen molar-refractivity contribution in [2.24, 2.45) is 56.7 Å². The third-order valence-electron chi connectivity index (χ3n) is 18.0. The molecule has 0 aromatic carbocycles. The average molecular weight is 755 g/mol. The summed E-state index contributed by atoms with van der Waals surface area (Å²) in [7, 11) is -3.17. The zero-order valence-electron chi connectivity index (χ0n) is 33.7. The van der Waals surface area contributed by atoms with Gasteiger partial charge in [-0.3, -0.25) is 9.59 Å². The maximum atomic E-state index is 14.0. The van der Waals surface area contributed by atoms with Gasteiger partial charge in [-0.2, -0.15) is 0 Å². The van der Waals surface area contributed by atoms with Gasteiger partial charge >= 0.3 is 5.97 Å². The normalized spacial score (nSPS) is 44.9. The van der Waals surface area contributed by atoms with Crippen molar-refractivity contribution >= 4 is 21.7 Å². The molecule has 0 bridgehead atoms. The number of amides is 1. The molecule has 1 aliphatic heterocycles. The number of halogens is 1. The number of nitrogens with zero attached hydrogens (tertiary/aromatic N) is 1. The van der Waals surface area contributed by atoms with Gasteiger partial charge in [-0.05, 0) is 153 Å². The van der Waals surface area contributed by atoms with Crippen LogP contribution in [0.5, 0.6) is 0 Å². The number of alkyl halides is 1. The second-order valence-electron chi connectivity index (χ2n) is 20.5. The number of hydrogen-bond donors (Lipinski definition) is 2. The predicted octanol–water partition coefficient (Wildman–Crippen LogP) is 8.32. The minimum atomic E-state index is -3.17. The molecule has 0 radical (unpaired) electrons. The minimum Gasteiger partial charge on any atom is -0.481 e. The van der Waals surface area contributed by atoms with Gasteiger partial charge in [0.15, 0.2) is 9.84 Å². The summed E-state index contributed by atoms with van der Waals surface area (Å²) in [5, 5.41) is 13.3. The standard InChI is InChI=1S/C44H67FN2O5S/c1-28(2)31-13-21-44(46-25-36(48)47-24-16-30(26-47)53(8,51)52)23-22-41(6)33(37(31)44)9-10-35-40(5)17-14-32(39(3,4)34(40)15-18-42(35,41)7)29-11-19-43(27-45,20-12-29)38(49)50/h11,14,30-31,33-35,37,46H,1,9-10,12-13,15-27H2,2-8H3,(H,49,50). The monoisotopic (exact) mass is 754 g/mol. The Morgan fingerprint density at radius 3 is 2.28 bits per heavy atom. The first kappa shape index (κ1) is 39.2. The molecule has 1 saturated heterocycles. The second-order valence-corrected chi connectivity index (χ2v) is 22.8. The van der Waals surface area contributed by atoms with Gasteiger partial charge in [0.1, 0.15) is 6.67 Å². The molecule has 6 aliphatic carbocycles. The first-order valence-corrected chi connectivity index (χ1v) is 22.7. The van der Waals surface area contributed by atoms with Crippen LogP contribution in [0, 0.1) is 56.7 Å². The molecule has 7 aliphatic rings. The topological polar surface area (TPSA) is 104 Å². The van der Waals surface area contributed by atoms with Gasteiger partial charge in [-0.25, -0.2) is 12.8 Å². The number of carbonyl (C=O) groups excluding carboxylic acids is 1. The number of hydrogen-bond acceptors (Lipinski definition) is 5. The van der Waals surface area contributed by atoms with E-state index in [4.69, 9.17) is 0 Å². The number of rotatable bonds is 8. The highest BCUT2D eigenvalue weighted by atomic mass is 32.2. The molecule has 7 rings (SSSR count). The van der Waals surface area contributed by atoms with E-state index < -0.39 is 33.1 Å². The molecule has 0 aromatic rings. The van der Waals surface area contributed by atoms with E-state index in [0.717, 1.165) is 32.1 Å². The largest absolute Gasteiger partial charge is 0.481 e. The number of sulfone groups is 1. The smallest absolute Gasteiger partial charge is 0.312 e. The van der Waals surface area contributed by atoms with Crippen LogP contribution in [0.4, 0.5) is 4.39 Å². The van der Waals surface area contributed by atoms with Crippen molar-refractivity contribution in [1.82, 2.24) is 10.2 Å². The van der Waals surface area contributed by atoms with Crippen molar-refractivity contribution in [3.05, 3.63) is 35.5 Å². The number of fused-ring (bicyclic) bond motifs is 7. The van der Waals surface area contributed by atoms with Crippen molar-refractivity contribution in [3.8, 4) is 0 Å². The van der Waals surface area contributed by atoms with E-state index in [9.17, 15) is 27.5 Å². The summed E-state index contributed by atoms with van der Waals surface area (Å²) in [6.45, 7) is 19.7. The summed E-state index contributed by atoms with van der Waals surface area (Å²) in [5.41, 5.74) is 2.93. The molecule has 2 N–H and O–H groups in total. The number of likely N-dealkylation sites (tertiary alicyclic amines) is 1. The lowest BCUT2D eigenvalue weighted by atomic mass is 9.33. The molecule has 11 unspecified atom stereocenters. The van der Waals surface area contributed by atoms with Crippen LogP contribution >= 0.6 is 0 Å². The number of allylic oxidation sites excluding steroid dienone is 5. The zero-order valence-corrected chi connectivity index (χ0v) is 34.5. The lowest BCUT2D eigenvalue weighted by Gasteiger charge is -2.72. The second kappa shape index (κ2) is 13.0. The molecule has 296 valence electrons. The van der Waals surface area contributed by atoms with E-state index in [1.54, 1.807) is 4.90 Å². The fourth-order valence-electron chi connectivity index (χ4n) is 14.8. The summed E-state index contributed by atoms with van der Waals surface area (Å²) in [5.74, 6) is 1.49. The highest BCUT2D eigenvalue weighted by molar-refractivity contribution is 7.91. The van der Waals surface area contributed by atoms with Gasteiger partial charge in [0, 0.05) is 24.9 Å². The lowest BCUT2D eigenvalue weighted by Crippen LogP contribution is -2.68. The quantitative estimate of drug-likeness (QED) is 0.242. The molecule has 0 aromatic heterocycles. The van der Waals surface area contributed by atoms with Crippen LogP contribution in [0.15, 0.2) is 35.5 Å². The van der Waals surface area contributed by atoms with Crippen molar-refractivity contribution in [2.75, 3.05) is 32.6 Å². The molecular formula is C44H67FN2O5S. The third kappa shape index (κ3) is 5.79. The fourth-order valence-corrected chi connectivity index (χ4v) is 15.8. The van der Waals surface area contributed by atoms with Crippen LogP contribution in [-0.2, 0) is 19.4 Å². The summed E-state index contributed by atoms with van der Waals surface area (Å²) in [6, 6.07) is 0. The summed E-state index contributed by atoms with van der Waals surface area (Å²) in [4.78, 5) is 27.3. The van der Waals surface area contributed by atoms with Crippen molar-refractivity contribution in [2.45, 2.75) is 136 Å². The molecule has 5 fully saturated rings. The molecule has 11 atom stereocenters. The van der Waals surface area contributed by atoms with Gasteiger partial charge in [-0.15, -0.1) is 0 Å². The lowest BCUT2D eigenvalue weighted by molar-refractivity contribution is -0.221. The van der Waals surface area contributed by atoms with Crippen LogP contribution in [0.25, 0.3) is 0 Å². The Morgan fingerprint density at radius 1 is 0.943 bits per heavy atom. The summed E-state index contributed by atoms with van der Waals surface area (Å²) < 4.78 is 38.4. The number of nitrogens with one attached hydrogen (secondary N) is 1. The number of aliphatic carboxylic acids is 1. The van der Waals surface area contributed by atoms with Gasteiger partial charge in [-0.1, -0.05) is 58.9 Å². The number of carboxylic acids is 1.